The minimum atomic E-state index is -0.887. The SMILES string of the molecule is CC1(C)CC(Sc2ccc(C(=O)O)cc2)C(C)(C)O1. The largest absolute Gasteiger partial charge is 0.478 e. The summed E-state index contributed by atoms with van der Waals surface area (Å²) in [5.74, 6) is -0.887. The molecule has 1 heterocycles. The number of benzene rings is 1. The van der Waals surface area contributed by atoms with Crippen LogP contribution in [0.1, 0.15) is 44.5 Å². The third kappa shape index (κ3) is 3.31. The summed E-state index contributed by atoms with van der Waals surface area (Å²) in [6.07, 6.45) is 0.991. The molecule has 4 heteroatoms. The van der Waals surface area contributed by atoms with Crippen LogP contribution in [-0.2, 0) is 4.74 Å². The predicted octanol–water partition coefficient (Wildman–Crippen LogP) is 3.82. The van der Waals surface area contributed by atoms with E-state index in [1.54, 1.807) is 23.9 Å². The molecule has 3 nitrogen and oxygen atoms in total. The van der Waals surface area contributed by atoms with Gasteiger partial charge in [0.25, 0.3) is 0 Å². The third-order valence-electron chi connectivity index (χ3n) is 3.37. The minimum absolute atomic E-state index is 0.0951. The van der Waals surface area contributed by atoms with Gasteiger partial charge >= 0.3 is 5.97 Å². The molecule has 1 atom stereocenters. The highest BCUT2D eigenvalue weighted by atomic mass is 32.2. The van der Waals surface area contributed by atoms with Crippen LogP contribution in [0.5, 0.6) is 0 Å². The highest BCUT2D eigenvalue weighted by Crippen LogP contribution is 2.45. The van der Waals surface area contributed by atoms with Crippen molar-refractivity contribution in [1.29, 1.82) is 0 Å². The molecule has 0 spiro atoms. The van der Waals surface area contributed by atoms with Crippen molar-refractivity contribution in [2.75, 3.05) is 0 Å². The number of carboxylic acids is 1. The summed E-state index contributed by atoms with van der Waals surface area (Å²) in [6.45, 7) is 8.46. The summed E-state index contributed by atoms with van der Waals surface area (Å²) in [4.78, 5) is 11.9. The fourth-order valence-corrected chi connectivity index (χ4v) is 3.97. The molecule has 1 N–H and O–H groups in total. The van der Waals surface area contributed by atoms with Crippen molar-refractivity contribution in [3.63, 3.8) is 0 Å². The zero-order chi connectivity index (χ0) is 14.3. The molecule has 1 fully saturated rings. The topological polar surface area (TPSA) is 46.5 Å². The standard InChI is InChI=1S/C15H20O3S/c1-14(2)9-12(15(3,4)18-14)19-11-7-5-10(6-8-11)13(16)17/h5-8,12H,9H2,1-4H3,(H,16,17). The lowest BCUT2D eigenvalue weighted by atomic mass is 10.0. The van der Waals surface area contributed by atoms with Gasteiger partial charge in [-0.15, -0.1) is 11.8 Å². The molecule has 0 aromatic heterocycles. The quantitative estimate of drug-likeness (QED) is 0.914. The van der Waals surface area contributed by atoms with Gasteiger partial charge in [-0.1, -0.05) is 0 Å². The molecule has 1 aromatic carbocycles. The Hall–Kier alpha value is -1.00. The Morgan fingerprint density at radius 2 is 1.84 bits per heavy atom. The Labute approximate surface area is 118 Å². The number of aromatic carboxylic acids is 1. The summed E-state index contributed by atoms with van der Waals surface area (Å²) in [6, 6.07) is 7.04. The van der Waals surface area contributed by atoms with Crippen LogP contribution in [0.25, 0.3) is 0 Å². The lowest BCUT2D eigenvalue weighted by Crippen LogP contribution is -2.30. The molecule has 0 amide bonds. The van der Waals surface area contributed by atoms with Crippen LogP contribution in [0.2, 0.25) is 0 Å². The number of carboxylic acid groups (broad SMARTS) is 1. The molecule has 0 bridgehead atoms. The number of carbonyl (C=O) groups is 1. The Morgan fingerprint density at radius 3 is 2.26 bits per heavy atom. The number of ether oxygens (including phenoxy) is 1. The van der Waals surface area contributed by atoms with Gasteiger partial charge < -0.3 is 9.84 Å². The summed E-state index contributed by atoms with van der Waals surface area (Å²) in [5.41, 5.74) is 0.0635. The zero-order valence-electron chi connectivity index (χ0n) is 11.8. The van der Waals surface area contributed by atoms with E-state index in [1.165, 1.54) is 0 Å². The van der Waals surface area contributed by atoms with E-state index < -0.39 is 5.97 Å². The van der Waals surface area contributed by atoms with E-state index in [4.69, 9.17) is 9.84 Å². The van der Waals surface area contributed by atoms with Gasteiger partial charge in [-0.2, -0.15) is 0 Å². The zero-order valence-corrected chi connectivity index (χ0v) is 12.6. The Bertz CT molecular complexity index is 477. The van der Waals surface area contributed by atoms with Crippen molar-refractivity contribution in [1.82, 2.24) is 0 Å². The molecule has 104 valence electrons. The monoisotopic (exact) mass is 280 g/mol. The maximum Gasteiger partial charge on any atom is 0.335 e. The van der Waals surface area contributed by atoms with Crippen LogP contribution >= 0.6 is 11.8 Å². The lowest BCUT2D eigenvalue weighted by Gasteiger charge is -2.27. The predicted molar refractivity (Wildman–Crippen MR) is 76.9 cm³/mol. The molecule has 0 aliphatic carbocycles. The maximum absolute atomic E-state index is 10.8. The van der Waals surface area contributed by atoms with Gasteiger partial charge in [-0.3, -0.25) is 0 Å². The molecule has 2 rings (SSSR count). The van der Waals surface area contributed by atoms with E-state index in [2.05, 4.69) is 27.7 Å². The van der Waals surface area contributed by atoms with Gasteiger partial charge in [-0.25, -0.2) is 4.79 Å². The lowest BCUT2D eigenvalue weighted by molar-refractivity contribution is -0.0631. The van der Waals surface area contributed by atoms with Crippen molar-refractivity contribution < 1.29 is 14.6 Å². The van der Waals surface area contributed by atoms with Crippen molar-refractivity contribution in [2.45, 2.75) is 55.5 Å². The highest BCUT2D eigenvalue weighted by molar-refractivity contribution is 8.00. The van der Waals surface area contributed by atoms with E-state index in [9.17, 15) is 4.79 Å². The molecule has 0 saturated carbocycles. The van der Waals surface area contributed by atoms with Crippen LogP contribution in [0.4, 0.5) is 0 Å². The summed E-state index contributed by atoms with van der Waals surface area (Å²) >= 11 is 1.76. The highest BCUT2D eigenvalue weighted by Gasteiger charge is 2.46. The average molecular weight is 280 g/mol. The second-order valence-corrected chi connectivity index (χ2v) is 7.38. The number of hydrogen-bond acceptors (Lipinski definition) is 3. The van der Waals surface area contributed by atoms with Crippen LogP contribution in [0.15, 0.2) is 29.2 Å². The Morgan fingerprint density at radius 1 is 1.26 bits per heavy atom. The molecule has 1 aromatic rings. The van der Waals surface area contributed by atoms with Gasteiger partial charge in [0, 0.05) is 10.1 Å². The number of thioether (sulfide) groups is 1. The van der Waals surface area contributed by atoms with Crippen LogP contribution in [0.3, 0.4) is 0 Å². The van der Waals surface area contributed by atoms with E-state index >= 15 is 0 Å². The van der Waals surface area contributed by atoms with Gasteiger partial charge in [0.1, 0.15) is 0 Å². The first kappa shape index (κ1) is 14.4. The molecule has 1 saturated heterocycles. The Kier molecular flexibility index (Phi) is 3.67. The normalized spacial score (nSPS) is 24.3. The van der Waals surface area contributed by atoms with E-state index in [1.807, 2.05) is 12.1 Å². The fraction of sp³-hybridized carbons (Fsp3) is 0.533. The molecule has 1 unspecified atom stereocenters. The van der Waals surface area contributed by atoms with E-state index in [-0.39, 0.29) is 11.2 Å². The van der Waals surface area contributed by atoms with Gasteiger partial charge in [0.05, 0.1) is 16.8 Å². The van der Waals surface area contributed by atoms with Crippen molar-refractivity contribution in [2.24, 2.45) is 0 Å². The second-order valence-electron chi connectivity index (χ2n) is 6.11. The summed E-state index contributed by atoms with van der Waals surface area (Å²) < 4.78 is 6.07. The first-order valence-corrected chi connectivity index (χ1v) is 7.28. The molecule has 19 heavy (non-hydrogen) atoms. The first-order valence-electron chi connectivity index (χ1n) is 6.40. The summed E-state index contributed by atoms with van der Waals surface area (Å²) in [5, 5.41) is 9.26. The molecule has 1 aliphatic heterocycles. The number of rotatable bonds is 3. The van der Waals surface area contributed by atoms with E-state index in [0.29, 0.717) is 10.8 Å². The van der Waals surface area contributed by atoms with Gasteiger partial charge in [0.15, 0.2) is 0 Å². The molecular formula is C15H20O3S. The molecule has 0 radical (unpaired) electrons. The fourth-order valence-electron chi connectivity index (χ4n) is 2.54. The second kappa shape index (κ2) is 4.84. The third-order valence-corrected chi connectivity index (χ3v) is 4.93. The van der Waals surface area contributed by atoms with Gasteiger partial charge in [-0.05, 0) is 58.4 Å². The molecule has 1 aliphatic rings. The van der Waals surface area contributed by atoms with E-state index in [0.717, 1.165) is 11.3 Å². The Balaban J connectivity index is 2.11. The van der Waals surface area contributed by atoms with Crippen LogP contribution in [-0.4, -0.2) is 27.5 Å². The minimum Gasteiger partial charge on any atom is -0.478 e. The maximum atomic E-state index is 10.8. The van der Waals surface area contributed by atoms with Gasteiger partial charge in [0.2, 0.25) is 0 Å². The van der Waals surface area contributed by atoms with Crippen LogP contribution in [0, 0.1) is 0 Å². The number of hydrogen-bond donors (Lipinski definition) is 1. The smallest absolute Gasteiger partial charge is 0.335 e. The van der Waals surface area contributed by atoms with Crippen molar-refractivity contribution >= 4 is 17.7 Å². The van der Waals surface area contributed by atoms with Crippen LogP contribution < -0.4 is 0 Å². The summed E-state index contributed by atoms with van der Waals surface area (Å²) in [7, 11) is 0. The average Bonchev–Trinajstić information content (AvgIpc) is 2.47. The van der Waals surface area contributed by atoms with Crippen molar-refractivity contribution in [3.05, 3.63) is 29.8 Å². The first-order chi connectivity index (χ1) is 8.70. The molecular weight excluding hydrogens is 260 g/mol. The van der Waals surface area contributed by atoms with Crippen molar-refractivity contribution in [3.8, 4) is 0 Å².